The van der Waals surface area contributed by atoms with Crippen molar-refractivity contribution in [2.45, 2.75) is 86.0 Å². The summed E-state index contributed by atoms with van der Waals surface area (Å²) in [7, 11) is 0. The van der Waals surface area contributed by atoms with Crippen LogP contribution in [0.25, 0.3) is 0 Å². The molecule has 0 fully saturated rings. The van der Waals surface area contributed by atoms with Crippen LogP contribution in [0.5, 0.6) is 23.0 Å². The number of hydrogen-bond donors (Lipinski definition) is 1. The van der Waals surface area contributed by atoms with Crippen LogP contribution >= 0.6 is 11.6 Å². The Morgan fingerprint density at radius 2 is 1.34 bits per heavy atom. The molecule has 0 spiro atoms. The molecule has 9 nitrogen and oxygen atoms in total. The highest BCUT2D eigenvalue weighted by molar-refractivity contribution is 6.32. The Kier molecular flexibility index (Phi) is 16.7. The van der Waals surface area contributed by atoms with Gasteiger partial charge in [-0.1, -0.05) is 38.3 Å². The molecule has 0 amide bonds. The molecule has 0 heterocycles. The lowest BCUT2D eigenvalue weighted by atomic mass is 10.0. The fourth-order valence-electron chi connectivity index (χ4n) is 4.66. The summed E-state index contributed by atoms with van der Waals surface area (Å²) in [4.78, 5) is 35.8. The summed E-state index contributed by atoms with van der Waals surface area (Å²) >= 11 is 6.38. The van der Waals surface area contributed by atoms with Crippen LogP contribution in [0.1, 0.15) is 105 Å². The van der Waals surface area contributed by atoms with Gasteiger partial charge in [0, 0.05) is 43.6 Å². The maximum absolute atomic E-state index is 12.4. The summed E-state index contributed by atoms with van der Waals surface area (Å²) in [6.45, 7) is 11.0. The van der Waals surface area contributed by atoms with Crippen LogP contribution in [0.4, 0.5) is 0 Å². The number of carbonyl (C=O) groups excluding carboxylic acids is 3. The van der Waals surface area contributed by atoms with E-state index in [9.17, 15) is 19.5 Å². The lowest BCUT2D eigenvalue weighted by Gasteiger charge is -2.19. The summed E-state index contributed by atoms with van der Waals surface area (Å²) in [6, 6.07) is 4.96. The third-order valence-corrected chi connectivity index (χ3v) is 7.01. The highest BCUT2D eigenvalue weighted by atomic mass is 35.5. The average Bonchev–Trinajstić information content (AvgIpc) is 2.98. The molecule has 0 unspecified atom stereocenters. The Balaban J connectivity index is 1.87. The molecule has 0 radical (unpaired) electrons. The van der Waals surface area contributed by atoms with E-state index in [1.807, 2.05) is 6.92 Å². The van der Waals surface area contributed by atoms with Gasteiger partial charge >= 0.3 is 5.97 Å². The molecule has 0 atom stereocenters. The van der Waals surface area contributed by atoms with Crippen molar-refractivity contribution in [2.75, 3.05) is 39.6 Å². The van der Waals surface area contributed by atoms with E-state index in [2.05, 4.69) is 6.92 Å². The molecule has 44 heavy (non-hydrogen) atoms. The topological polar surface area (TPSA) is 118 Å². The van der Waals surface area contributed by atoms with Crippen LogP contribution in [0.15, 0.2) is 18.2 Å². The van der Waals surface area contributed by atoms with E-state index < -0.39 is 0 Å². The molecule has 2 rings (SSSR count). The quantitative estimate of drug-likeness (QED) is 0.0806. The SMILES string of the molecule is CCCc1c(O)c(C(C)=O)cc(Cl)c1OCCCOCCCOc1c(C(C)=O)ccc(OCCCC(=O)OCC)c1CCC. The van der Waals surface area contributed by atoms with Gasteiger partial charge in [-0.25, -0.2) is 0 Å². The van der Waals surface area contributed by atoms with Gasteiger partial charge in [0.05, 0.1) is 42.6 Å². The maximum Gasteiger partial charge on any atom is 0.305 e. The summed E-state index contributed by atoms with van der Waals surface area (Å²) in [5.41, 5.74) is 2.09. The largest absolute Gasteiger partial charge is 0.507 e. The van der Waals surface area contributed by atoms with Crippen LogP contribution < -0.4 is 14.2 Å². The van der Waals surface area contributed by atoms with Crippen LogP contribution in [-0.2, 0) is 27.1 Å². The fraction of sp³-hybridized carbons (Fsp3) is 0.559. The number of phenolic OH excluding ortho intramolecular Hbond substituents is 1. The number of phenols is 1. The number of halogens is 1. The minimum Gasteiger partial charge on any atom is -0.507 e. The zero-order chi connectivity index (χ0) is 32.5. The van der Waals surface area contributed by atoms with Gasteiger partial charge in [-0.15, -0.1) is 0 Å². The van der Waals surface area contributed by atoms with Crippen LogP contribution in [0.2, 0.25) is 5.02 Å². The highest BCUT2D eigenvalue weighted by Crippen LogP contribution is 2.39. The van der Waals surface area contributed by atoms with E-state index in [1.54, 1.807) is 19.1 Å². The minimum atomic E-state index is -0.256. The number of ketones is 2. The van der Waals surface area contributed by atoms with E-state index in [0.717, 1.165) is 18.4 Å². The zero-order valence-corrected chi connectivity index (χ0v) is 27.5. The second-order valence-electron chi connectivity index (χ2n) is 10.4. The van der Waals surface area contributed by atoms with Gasteiger partial charge in [0.15, 0.2) is 11.6 Å². The van der Waals surface area contributed by atoms with Crippen LogP contribution in [-0.4, -0.2) is 62.3 Å². The van der Waals surface area contributed by atoms with Crippen molar-refractivity contribution in [3.63, 3.8) is 0 Å². The van der Waals surface area contributed by atoms with Crippen molar-refractivity contribution >= 4 is 29.1 Å². The standard InChI is InChI=1S/C34H47ClO9/c1-6-12-26-30(42-19-9-14-31(38)41-8-3)16-15-25(23(4)36)33(26)43-20-10-17-40-18-11-21-44-34-27(13-7-2)32(39)28(24(5)37)22-29(34)35/h15-16,22,39H,6-14,17-21H2,1-5H3. The molecule has 0 aromatic heterocycles. The van der Waals surface area contributed by atoms with E-state index in [-0.39, 0.29) is 35.3 Å². The lowest BCUT2D eigenvalue weighted by molar-refractivity contribution is -0.143. The monoisotopic (exact) mass is 634 g/mol. The van der Waals surface area contributed by atoms with Crippen molar-refractivity contribution in [3.05, 3.63) is 45.5 Å². The van der Waals surface area contributed by atoms with Gasteiger partial charge in [-0.05, 0) is 58.2 Å². The second kappa shape index (κ2) is 19.9. The van der Waals surface area contributed by atoms with E-state index in [4.69, 9.17) is 35.3 Å². The number of benzene rings is 2. The van der Waals surface area contributed by atoms with Crippen molar-refractivity contribution in [1.82, 2.24) is 0 Å². The molecule has 2 aromatic carbocycles. The lowest BCUT2D eigenvalue weighted by Crippen LogP contribution is -2.11. The first kappa shape index (κ1) is 36.9. The van der Waals surface area contributed by atoms with Gasteiger partial charge in [-0.2, -0.15) is 0 Å². The first-order valence-electron chi connectivity index (χ1n) is 15.5. The Bertz CT molecular complexity index is 1240. The number of Topliss-reactive ketones (excluding diaryl/α,β-unsaturated/α-hetero) is 2. The van der Waals surface area contributed by atoms with Crippen molar-refractivity contribution in [3.8, 4) is 23.0 Å². The van der Waals surface area contributed by atoms with Gasteiger partial charge in [0.1, 0.15) is 23.0 Å². The number of rotatable bonds is 22. The Labute approximate surface area is 266 Å². The molecule has 0 saturated heterocycles. The number of hydrogen-bond acceptors (Lipinski definition) is 9. The molecular formula is C34H47ClO9. The number of esters is 1. The Morgan fingerprint density at radius 3 is 1.93 bits per heavy atom. The van der Waals surface area contributed by atoms with Crippen LogP contribution in [0.3, 0.4) is 0 Å². The normalized spacial score (nSPS) is 10.9. The molecule has 0 aliphatic carbocycles. The van der Waals surface area contributed by atoms with Crippen LogP contribution in [0, 0.1) is 0 Å². The van der Waals surface area contributed by atoms with Crippen molar-refractivity contribution in [1.29, 1.82) is 0 Å². The van der Waals surface area contributed by atoms with Gasteiger partial charge < -0.3 is 28.8 Å². The third-order valence-electron chi connectivity index (χ3n) is 6.73. The number of ether oxygens (including phenoxy) is 5. The molecule has 244 valence electrons. The highest BCUT2D eigenvalue weighted by Gasteiger charge is 2.20. The summed E-state index contributed by atoms with van der Waals surface area (Å²) in [5.74, 6) is 0.923. The molecule has 0 aliphatic heterocycles. The third kappa shape index (κ3) is 11.3. The summed E-state index contributed by atoms with van der Waals surface area (Å²) in [6.07, 6.45) is 4.84. The fourth-order valence-corrected chi connectivity index (χ4v) is 4.94. The summed E-state index contributed by atoms with van der Waals surface area (Å²) < 4.78 is 28.7. The molecule has 0 aliphatic rings. The zero-order valence-electron chi connectivity index (χ0n) is 26.7. The van der Waals surface area contributed by atoms with Gasteiger partial charge in [0.25, 0.3) is 0 Å². The molecule has 2 aromatic rings. The molecule has 0 bridgehead atoms. The van der Waals surface area contributed by atoms with Crippen molar-refractivity contribution in [2.24, 2.45) is 0 Å². The predicted molar refractivity (Wildman–Crippen MR) is 170 cm³/mol. The number of carbonyl (C=O) groups is 3. The van der Waals surface area contributed by atoms with Gasteiger partial charge in [-0.3, -0.25) is 14.4 Å². The maximum atomic E-state index is 12.4. The molecule has 1 N–H and O–H groups in total. The minimum absolute atomic E-state index is 0.0730. The average molecular weight is 635 g/mol. The Morgan fingerprint density at radius 1 is 0.750 bits per heavy atom. The van der Waals surface area contributed by atoms with E-state index >= 15 is 0 Å². The molecular weight excluding hydrogens is 588 g/mol. The van der Waals surface area contributed by atoms with Gasteiger partial charge in [0.2, 0.25) is 0 Å². The number of aromatic hydroxyl groups is 1. The van der Waals surface area contributed by atoms with E-state index in [1.165, 1.54) is 19.9 Å². The first-order chi connectivity index (χ1) is 21.2. The Hall–Kier alpha value is -3.30. The van der Waals surface area contributed by atoms with E-state index in [0.29, 0.717) is 105 Å². The smallest absolute Gasteiger partial charge is 0.305 e. The second-order valence-corrected chi connectivity index (χ2v) is 10.8. The predicted octanol–water partition coefficient (Wildman–Crippen LogP) is 7.33. The molecule has 10 heteroatoms. The first-order valence-corrected chi connectivity index (χ1v) is 15.9. The van der Waals surface area contributed by atoms with Crippen molar-refractivity contribution < 1.29 is 43.2 Å². The molecule has 0 saturated carbocycles. The summed E-state index contributed by atoms with van der Waals surface area (Å²) in [5, 5.41) is 10.9.